The summed E-state index contributed by atoms with van der Waals surface area (Å²) >= 11 is 0. The van der Waals surface area contributed by atoms with Gasteiger partial charge in [0.2, 0.25) is 0 Å². The van der Waals surface area contributed by atoms with Crippen LogP contribution in [0.2, 0.25) is 0 Å². The summed E-state index contributed by atoms with van der Waals surface area (Å²) < 4.78 is 4.80. The van der Waals surface area contributed by atoms with E-state index < -0.39 is 11.5 Å². The molecule has 1 fully saturated rings. The number of esters is 1. The second-order valence-corrected chi connectivity index (χ2v) is 5.41. The molecule has 0 heterocycles. The van der Waals surface area contributed by atoms with Gasteiger partial charge in [0.05, 0.1) is 18.6 Å². The number of fused-ring (bicyclic) bond motifs is 2. The summed E-state index contributed by atoms with van der Waals surface area (Å²) in [5, 5.41) is 10.8. The Kier molecular flexibility index (Phi) is 2.90. The van der Waals surface area contributed by atoms with Crippen LogP contribution in [-0.4, -0.2) is 23.8 Å². The fraction of sp³-hybridized carbons (Fsp3) is 0.643. The minimum absolute atomic E-state index is 0.282. The molecule has 0 aliphatic heterocycles. The van der Waals surface area contributed by atoms with E-state index >= 15 is 0 Å². The third-order valence-electron chi connectivity index (χ3n) is 4.40. The molecule has 0 unspecified atom stereocenters. The molecule has 0 aromatic rings. The number of carbonyl (C=O) groups is 1. The molecule has 0 saturated heterocycles. The standard InChI is InChI=1S/C14H20O3/c1-8(2)11-7-14(16)9(3)5-10(11)6-12(14)13(15)17-4/h5,10-12,16H,1,6-7H2,2-4H3/t10-,11-,12-,14-/m1/s1. The molecule has 3 aliphatic rings. The van der Waals surface area contributed by atoms with Gasteiger partial charge < -0.3 is 9.84 Å². The van der Waals surface area contributed by atoms with Crippen LogP contribution in [0.4, 0.5) is 0 Å². The zero-order valence-electron chi connectivity index (χ0n) is 10.7. The van der Waals surface area contributed by atoms with Gasteiger partial charge in [-0.15, -0.1) is 0 Å². The molecule has 4 atom stereocenters. The SMILES string of the molecule is C=C(C)[C@H]1C[C@@]2(O)C(C)=C[C@@H]1C[C@@H]2C(=O)OC. The molecule has 3 heteroatoms. The van der Waals surface area contributed by atoms with Gasteiger partial charge in [0.15, 0.2) is 0 Å². The largest absolute Gasteiger partial charge is 0.469 e. The van der Waals surface area contributed by atoms with Crippen LogP contribution in [-0.2, 0) is 9.53 Å². The molecule has 94 valence electrons. The first kappa shape index (κ1) is 12.4. The van der Waals surface area contributed by atoms with Crippen molar-refractivity contribution in [3.05, 3.63) is 23.8 Å². The maximum Gasteiger partial charge on any atom is 0.311 e. The van der Waals surface area contributed by atoms with Gasteiger partial charge in [-0.05, 0) is 44.1 Å². The molecule has 3 rings (SSSR count). The average Bonchev–Trinajstić information content (AvgIpc) is 2.28. The van der Waals surface area contributed by atoms with E-state index in [1.807, 2.05) is 13.8 Å². The summed E-state index contributed by atoms with van der Waals surface area (Å²) in [7, 11) is 1.38. The average molecular weight is 236 g/mol. The molecule has 0 radical (unpaired) electrons. The normalized spacial score (nSPS) is 39.8. The molecule has 2 bridgehead atoms. The minimum atomic E-state index is -1.04. The molecule has 1 N–H and O–H groups in total. The zero-order chi connectivity index (χ0) is 12.8. The van der Waals surface area contributed by atoms with E-state index in [1.54, 1.807) is 0 Å². The lowest BCUT2D eigenvalue weighted by molar-refractivity contribution is -0.160. The predicted molar refractivity (Wildman–Crippen MR) is 65.2 cm³/mol. The Labute approximate surface area is 102 Å². The number of allylic oxidation sites excluding steroid dienone is 2. The maximum atomic E-state index is 11.8. The Morgan fingerprint density at radius 2 is 2.29 bits per heavy atom. The van der Waals surface area contributed by atoms with E-state index in [1.165, 1.54) is 7.11 Å². The van der Waals surface area contributed by atoms with Crippen molar-refractivity contribution in [3.8, 4) is 0 Å². The van der Waals surface area contributed by atoms with Gasteiger partial charge in [0.25, 0.3) is 0 Å². The van der Waals surface area contributed by atoms with Crippen molar-refractivity contribution >= 4 is 5.97 Å². The molecule has 3 nitrogen and oxygen atoms in total. The van der Waals surface area contributed by atoms with Crippen molar-refractivity contribution < 1.29 is 14.6 Å². The second kappa shape index (κ2) is 3.98. The quantitative estimate of drug-likeness (QED) is 0.589. The highest BCUT2D eigenvalue weighted by atomic mass is 16.5. The van der Waals surface area contributed by atoms with Crippen LogP contribution in [0.1, 0.15) is 26.7 Å². The number of ether oxygens (including phenoxy) is 1. The van der Waals surface area contributed by atoms with Crippen molar-refractivity contribution in [2.45, 2.75) is 32.3 Å². The van der Waals surface area contributed by atoms with Crippen LogP contribution in [0.3, 0.4) is 0 Å². The molecule has 0 amide bonds. The number of carbonyl (C=O) groups excluding carboxylic acids is 1. The summed E-state index contributed by atoms with van der Waals surface area (Å²) in [6.45, 7) is 7.88. The third kappa shape index (κ3) is 1.73. The molecular formula is C14H20O3. The minimum Gasteiger partial charge on any atom is -0.469 e. The van der Waals surface area contributed by atoms with E-state index in [2.05, 4.69) is 12.7 Å². The highest BCUT2D eigenvalue weighted by Crippen LogP contribution is 2.52. The van der Waals surface area contributed by atoms with Crippen molar-refractivity contribution in [1.29, 1.82) is 0 Å². The number of hydrogen-bond acceptors (Lipinski definition) is 3. The van der Waals surface area contributed by atoms with Gasteiger partial charge in [-0.2, -0.15) is 0 Å². The van der Waals surface area contributed by atoms with Crippen LogP contribution in [0.5, 0.6) is 0 Å². The van der Waals surface area contributed by atoms with E-state index in [-0.39, 0.29) is 11.9 Å². The van der Waals surface area contributed by atoms with E-state index in [0.29, 0.717) is 18.8 Å². The number of hydrogen-bond donors (Lipinski definition) is 1. The summed E-state index contributed by atoms with van der Waals surface area (Å²) in [6, 6.07) is 0. The van der Waals surface area contributed by atoms with Gasteiger partial charge in [-0.3, -0.25) is 4.79 Å². The Bertz CT molecular complexity index is 396. The summed E-state index contributed by atoms with van der Waals surface area (Å²) in [4.78, 5) is 11.8. The Morgan fingerprint density at radius 1 is 1.65 bits per heavy atom. The first-order valence-electron chi connectivity index (χ1n) is 6.04. The Balaban J connectivity index is 2.36. The fourth-order valence-electron chi connectivity index (χ4n) is 3.32. The van der Waals surface area contributed by atoms with Gasteiger partial charge in [-0.1, -0.05) is 18.2 Å². The van der Waals surface area contributed by atoms with E-state index in [9.17, 15) is 9.90 Å². The van der Waals surface area contributed by atoms with Crippen molar-refractivity contribution in [3.63, 3.8) is 0 Å². The van der Waals surface area contributed by atoms with Gasteiger partial charge in [0.1, 0.15) is 0 Å². The van der Waals surface area contributed by atoms with Crippen molar-refractivity contribution in [1.82, 2.24) is 0 Å². The first-order chi connectivity index (χ1) is 7.90. The summed E-state index contributed by atoms with van der Waals surface area (Å²) in [5.74, 6) is -0.126. The van der Waals surface area contributed by atoms with Gasteiger partial charge >= 0.3 is 5.97 Å². The molecule has 17 heavy (non-hydrogen) atoms. The number of rotatable bonds is 2. The topological polar surface area (TPSA) is 46.5 Å². The highest BCUT2D eigenvalue weighted by Gasteiger charge is 2.54. The summed E-state index contributed by atoms with van der Waals surface area (Å²) in [5.41, 5.74) is 0.952. The number of aliphatic hydroxyl groups is 1. The van der Waals surface area contributed by atoms with E-state index in [0.717, 1.165) is 11.1 Å². The monoisotopic (exact) mass is 236 g/mol. The zero-order valence-corrected chi connectivity index (χ0v) is 10.7. The third-order valence-corrected chi connectivity index (χ3v) is 4.40. The van der Waals surface area contributed by atoms with Gasteiger partial charge in [0, 0.05) is 0 Å². The predicted octanol–water partition coefficient (Wildman–Crippen LogP) is 2.07. The second-order valence-electron chi connectivity index (χ2n) is 5.41. The molecule has 1 saturated carbocycles. The van der Waals surface area contributed by atoms with Crippen LogP contribution in [0.15, 0.2) is 23.8 Å². The first-order valence-corrected chi connectivity index (χ1v) is 6.04. The van der Waals surface area contributed by atoms with Gasteiger partial charge in [-0.25, -0.2) is 0 Å². The summed E-state index contributed by atoms with van der Waals surface area (Å²) in [6.07, 6.45) is 3.36. The number of methoxy groups -OCH3 is 1. The maximum absolute atomic E-state index is 11.8. The molecule has 3 aliphatic carbocycles. The highest BCUT2D eigenvalue weighted by molar-refractivity contribution is 5.75. The Hall–Kier alpha value is -1.09. The molecule has 0 aromatic carbocycles. The van der Waals surface area contributed by atoms with Crippen LogP contribution in [0.25, 0.3) is 0 Å². The smallest absolute Gasteiger partial charge is 0.311 e. The van der Waals surface area contributed by atoms with Crippen LogP contribution < -0.4 is 0 Å². The lowest BCUT2D eigenvalue weighted by Crippen LogP contribution is -2.54. The van der Waals surface area contributed by atoms with Crippen LogP contribution >= 0.6 is 0 Å². The van der Waals surface area contributed by atoms with Crippen molar-refractivity contribution in [2.75, 3.05) is 7.11 Å². The molecule has 0 spiro atoms. The molecule has 0 aromatic heterocycles. The fourth-order valence-corrected chi connectivity index (χ4v) is 3.32. The van der Waals surface area contributed by atoms with E-state index in [4.69, 9.17) is 4.74 Å². The lowest BCUT2D eigenvalue weighted by Gasteiger charge is -2.50. The van der Waals surface area contributed by atoms with Crippen molar-refractivity contribution in [2.24, 2.45) is 17.8 Å². The van der Waals surface area contributed by atoms with Crippen LogP contribution in [0, 0.1) is 17.8 Å². The Morgan fingerprint density at radius 3 is 2.82 bits per heavy atom. The molecular weight excluding hydrogens is 216 g/mol. The lowest BCUT2D eigenvalue weighted by atomic mass is 9.57.